The first kappa shape index (κ1) is 17.3. The van der Waals surface area contributed by atoms with E-state index < -0.39 is 14.9 Å². The average molecular weight is 317 g/mol. The molecule has 0 radical (unpaired) electrons. The molecule has 1 aromatic rings. The fourth-order valence-corrected chi connectivity index (χ4v) is 3.29. The minimum atomic E-state index is -3.71. The van der Waals surface area contributed by atoms with Gasteiger partial charge in [0.1, 0.15) is 5.69 Å². The fraction of sp³-hybridized carbons (Fsp3) is 0.500. The molecule has 8 nitrogen and oxygen atoms in total. The second-order valence-corrected chi connectivity index (χ2v) is 6.11. The highest BCUT2D eigenvalue weighted by Crippen LogP contribution is 2.28. The third-order valence-corrected chi connectivity index (χ3v) is 4.94. The molecule has 0 unspecified atom stereocenters. The van der Waals surface area contributed by atoms with Crippen molar-refractivity contribution in [2.24, 2.45) is 0 Å². The van der Waals surface area contributed by atoms with E-state index in [0.29, 0.717) is 0 Å². The standard InChI is InChI=1S/C12H19N3O5S/c1-4-14(7-8-20-3)21(18,19)10-5-6-12(15(16)17)11(9-10)13-2/h5-6,9,13H,4,7-8H2,1-3H3. The highest BCUT2D eigenvalue weighted by atomic mass is 32.2. The van der Waals surface area contributed by atoms with Crippen LogP contribution in [-0.2, 0) is 14.8 Å². The second kappa shape index (κ2) is 7.34. The monoisotopic (exact) mass is 317 g/mol. The number of nitrogens with one attached hydrogen (secondary N) is 1. The van der Waals surface area contributed by atoms with Crippen molar-refractivity contribution in [3.63, 3.8) is 0 Å². The molecule has 1 aromatic carbocycles. The molecule has 0 saturated heterocycles. The highest BCUT2D eigenvalue weighted by Gasteiger charge is 2.25. The van der Waals surface area contributed by atoms with Crippen LogP contribution in [0.15, 0.2) is 23.1 Å². The topological polar surface area (TPSA) is 102 Å². The van der Waals surface area contributed by atoms with Crippen molar-refractivity contribution in [1.82, 2.24) is 4.31 Å². The number of nitro groups is 1. The summed E-state index contributed by atoms with van der Waals surface area (Å²) in [6, 6.07) is 3.69. The molecule has 0 fully saturated rings. The minimum Gasteiger partial charge on any atom is -0.383 e. The molecule has 0 bridgehead atoms. The summed E-state index contributed by atoms with van der Waals surface area (Å²) >= 11 is 0. The quantitative estimate of drug-likeness (QED) is 0.572. The second-order valence-electron chi connectivity index (χ2n) is 4.18. The van der Waals surface area contributed by atoms with E-state index in [-0.39, 0.29) is 36.0 Å². The summed E-state index contributed by atoms with van der Waals surface area (Å²) in [7, 11) is -0.715. The molecule has 0 spiro atoms. The first-order valence-corrected chi connectivity index (χ1v) is 7.77. The summed E-state index contributed by atoms with van der Waals surface area (Å²) in [5.74, 6) is 0. The number of hydrogen-bond acceptors (Lipinski definition) is 6. The Morgan fingerprint density at radius 2 is 2.10 bits per heavy atom. The zero-order chi connectivity index (χ0) is 16.0. The maximum absolute atomic E-state index is 12.5. The summed E-state index contributed by atoms with van der Waals surface area (Å²) < 4.78 is 31.1. The van der Waals surface area contributed by atoms with Crippen LogP contribution in [-0.4, -0.2) is 51.5 Å². The Morgan fingerprint density at radius 3 is 2.57 bits per heavy atom. The van der Waals surface area contributed by atoms with E-state index in [0.717, 1.165) is 0 Å². The van der Waals surface area contributed by atoms with Gasteiger partial charge in [-0.3, -0.25) is 10.1 Å². The summed E-state index contributed by atoms with van der Waals surface area (Å²) in [5, 5.41) is 13.5. The van der Waals surface area contributed by atoms with E-state index in [9.17, 15) is 18.5 Å². The van der Waals surface area contributed by atoms with Crippen LogP contribution in [0.2, 0.25) is 0 Å². The number of nitrogens with zero attached hydrogens (tertiary/aromatic N) is 2. The molecule has 0 aliphatic carbocycles. The number of methoxy groups -OCH3 is 1. The van der Waals surface area contributed by atoms with Crippen molar-refractivity contribution in [1.29, 1.82) is 0 Å². The Morgan fingerprint density at radius 1 is 1.43 bits per heavy atom. The third-order valence-electron chi connectivity index (χ3n) is 2.97. The number of benzene rings is 1. The van der Waals surface area contributed by atoms with Gasteiger partial charge in [0.2, 0.25) is 10.0 Å². The van der Waals surface area contributed by atoms with E-state index >= 15 is 0 Å². The van der Waals surface area contributed by atoms with Gasteiger partial charge in [0.05, 0.1) is 16.4 Å². The molecular formula is C12H19N3O5S. The highest BCUT2D eigenvalue weighted by molar-refractivity contribution is 7.89. The molecule has 1 rings (SSSR count). The lowest BCUT2D eigenvalue weighted by Crippen LogP contribution is -2.33. The normalized spacial score (nSPS) is 11.6. The van der Waals surface area contributed by atoms with Crippen LogP contribution in [0, 0.1) is 10.1 Å². The molecule has 0 saturated carbocycles. The zero-order valence-electron chi connectivity index (χ0n) is 12.2. The summed E-state index contributed by atoms with van der Waals surface area (Å²) in [6.07, 6.45) is 0. The van der Waals surface area contributed by atoms with Gasteiger partial charge >= 0.3 is 0 Å². The van der Waals surface area contributed by atoms with Crippen LogP contribution in [0.3, 0.4) is 0 Å². The van der Waals surface area contributed by atoms with Crippen LogP contribution < -0.4 is 5.32 Å². The summed E-state index contributed by atoms with van der Waals surface area (Å²) in [5.41, 5.74) is -0.0136. The van der Waals surface area contributed by atoms with E-state index in [1.54, 1.807) is 6.92 Å². The number of sulfonamides is 1. The Balaban J connectivity index is 3.22. The Kier molecular flexibility index (Phi) is 6.06. The zero-order valence-corrected chi connectivity index (χ0v) is 13.0. The smallest absolute Gasteiger partial charge is 0.292 e. The fourth-order valence-electron chi connectivity index (χ4n) is 1.83. The van der Waals surface area contributed by atoms with E-state index in [2.05, 4.69) is 5.32 Å². The largest absolute Gasteiger partial charge is 0.383 e. The van der Waals surface area contributed by atoms with Gasteiger partial charge in [0.15, 0.2) is 0 Å². The van der Waals surface area contributed by atoms with Crippen molar-refractivity contribution in [2.75, 3.05) is 39.2 Å². The maximum atomic E-state index is 12.5. The van der Waals surface area contributed by atoms with Crippen LogP contribution in [0.25, 0.3) is 0 Å². The lowest BCUT2D eigenvalue weighted by atomic mass is 10.3. The van der Waals surface area contributed by atoms with Gasteiger partial charge in [-0.05, 0) is 12.1 Å². The Bertz CT molecular complexity index is 603. The molecule has 0 aliphatic rings. The van der Waals surface area contributed by atoms with Crippen LogP contribution >= 0.6 is 0 Å². The molecule has 0 amide bonds. The molecule has 1 N–H and O–H groups in total. The number of likely N-dealkylation sites (N-methyl/N-ethyl adjacent to an activating group) is 1. The first-order valence-electron chi connectivity index (χ1n) is 6.33. The minimum absolute atomic E-state index is 0.00963. The van der Waals surface area contributed by atoms with E-state index in [4.69, 9.17) is 4.74 Å². The summed E-state index contributed by atoms with van der Waals surface area (Å²) in [6.45, 7) is 2.51. The van der Waals surface area contributed by atoms with Crippen LogP contribution in [0.1, 0.15) is 6.92 Å². The SMILES string of the molecule is CCN(CCOC)S(=O)(=O)c1ccc([N+](=O)[O-])c(NC)c1. The van der Waals surface area contributed by atoms with Gasteiger partial charge in [-0.25, -0.2) is 8.42 Å². The lowest BCUT2D eigenvalue weighted by molar-refractivity contribution is -0.384. The number of nitro benzene ring substituents is 1. The Labute approximate surface area is 123 Å². The van der Waals surface area contributed by atoms with Crippen molar-refractivity contribution in [2.45, 2.75) is 11.8 Å². The molecule has 0 aromatic heterocycles. The molecular weight excluding hydrogens is 298 g/mol. The van der Waals surface area contributed by atoms with Gasteiger partial charge in [0, 0.05) is 33.3 Å². The van der Waals surface area contributed by atoms with Crippen molar-refractivity contribution < 1.29 is 18.1 Å². The van der Waals surface area contributed by atoms with E-state index in [1.807, 2.05) is 0 Å². The molecule has 9 heteroatoms. The predicted octanol–water partition coefficient (Wildman–Crippen LogP) is 1.29. The van der Waals surface area contributed by atoms with Crippen molar-refractivity contribution in [3.8, 4) is 0 Å². The van der Waals surface area contributed by atoms with Gasteiger partial charge in [-0.1, -0.05) is 6.92 Å². The average Bonchev–Trinajstić information content (AvgIpc) is 2.46. The lowest BCUT2D eigenvalue weighted by Gasteiger charge is -2.20. The number of rotatable bonds is 8. The van der Waals surface area contributed by atoms with Gasteiger partial charge in [0.25, 0.3) is 5.69 Å². The van der Waals surface area contributed by atoms with Crippen molar-refractivity contribution >= 4 is 21.4 Å². The molecule has 21 heavy (non-hydrogen) atoms. The maximum Gasteiger partial charge on any atom is 0.292 e. The van der Waals surface area contributed by atoms with Gasteiger partial charge in [-0.15, -0.1) is 0 Å². The number of ether oxygens (including phenoxy) is 1. The number of anilines is 1. The van der Waals surface area contributed by atoms with Crippen LogP contribution in [0.5, 0.6) is 0 Å². The predicted molar refractivity (Wildman–Crippen MR) is 79.0 cm³/mol. The van der Waals surface area contributed by atoms with Crippen molar-refractivity contribution in [3.05, 3.63) is 28.3 Å². The first-order chi connectivity index (χ1) is 9.88. The number of hydrogen-bond donors (Lipinski definition) is 1. The van der Waals surface area contributed by atoms with Gasteiger partial charge in [-0.2, -0.15) is 4.31 Å². The molecule has 0 atom stereocenters. The molecule has 118 valence electrons. The third kappa shape index (κ3) is 3.90. The summed E-state index contributed by atoms with van der Waals surface area (Å²) in [4.78, 5) is 10.3. The molecule has 0 heterocycles. The van der Waals surface area contributed by atoms with E-state index in [1.165, 1.54) is 36.7 Å². The van der Waals surface area contributed by atoms with Crippen LogP contribution in [0.4, 0.5) is 11.4 Å². The molecule has 0 aliphatic heterocycles. The van der Waals surface area contributed by atoms with Gasteiger partial charge < -0.3 is 10.1 Å². The Hall–Kier alpha value is -1.71.